The summed E-state index contributed by atoms with van der Waals surface area (Å²) in [6, 6.07) is 15.2. The van der Waals surface area contributed by atoms with Crippen LogP contribution in [-0.2, 0) is 20.2 Å². The maximum atomic E-state index is 10.6. The van der Waals surface area contributed by atoms with Crippen molar-refractivity contribution in [3.8, 4) is 11.5 Å². The molecule has 0 amide bonds. The van der Waals surface area contributed by atoms with Gasteiger partial charge in [0.2, 0.25) is 0 Å². The molecule has 0 radical (unpaired) electrons. The predicted molar refractivity (Wildman–Crippen MR) is 111 cm³/mol. The molecule has 0 spiro atoms. The van der Waals surface area contributed by atoms with Crippen molar-refractivity contribution in [2.24, 2.45) is 0 Å². The third kappa shape index (κ3) is 10.8. The van der Waals surface area contributed by atoms with Gasteiger partial charge in [0, 0.05) is 0 Å². The quantitative estimate of drug-likeness (QED) is 0.221. The van der Waals surface area contributed by atoms with E-state index >= 15 is 0 Å². The van der Waals surface area contributed by atoms with Crippen molar-refractivity contribution in [2.75, 3.05) is 24.7 Å². The first-order valence-electron chi connectivity index (χ1n) is 8.65. The first kappa shape index (κ1) is 23.9. The first-order valence-corrected chi connectivity index (χ1v) is 14.2. The SMILES string of the molecule is O=S(=O)(O)CCCOc1ccc([Te]c2ccc(OCCCS(=O)(=O)O)cc2)cc1. The molecule has 0 aliphatic heterocycles. The van der Waals surface area contributed by atoms with E-state index in [1.54, 1.807) is 0 Å². The van der Waals surface area contributed by atoms with Crippen molar-refractivity contribution in [3.05, 3.63) is 48.5 Å². The van der Waals surface area contributed by atoms with Crippen LogP contribution in [0.25, 0.3) is 0 Å². The van der Waals surface area contributed by atoms with E-state index < -0.39 is 41.2 Å². The molecule has 0 unspecified atom stereocenters. The fraction of sp³-hybridized carbons (Fsp3) is 0.333. The Labute approximate surface area is 180 Å². The van der Waals surface area contributed by atoms with Crippen LogP contribution in [0.3, 0.4) is 0 Å². The normalized spacial score (nSPS) is 11.9. The average Bonchev–Trinajstić information content (AvgIpc) is 2.63. The van der Waals surface area contributed by atoms with Crippen LogP contribution in [0.4, 0.5) is 0 Å². The molecule has 0 bridgehead atoms. The summed E-state index contributed by atoms with van der Waals surface area (Å²) >= 11 is -0.598. The molecule has 0 atom stereocenters. The number of rotatable bonds is 12. The molecule has 0 aliphatic carbocycles. The van der Waals surface area contributed by atoms with Gasteiger partial charge in [0.05, 0.1) is 0 Å². The van der Waals surface area contributed by atoms with Crippen LogP contribution in [0.2, 0.25) is 0 Å². The monoisotopic (exact) mass is 560 g/mol. The van der Waals surface area contributed by atoms with E-state index in [0.717, 1.165) is 0 Å². The van der Waals surface area contributed by atoms with Crippen LogP contribution in [0.1, 0.15) is 12.8 Å². The molecule has 8 nitrogen and oxygen atoms in total. The summed E-state index contributed by atoms with van der Waals surface area (Å²) in [5.41, 5.74) is 0. The van der Waals surface area contributed by atoms with Crippen LogP contribution in [-0.4, -0.2) is 71.6 Å². The number of ether oxygens (including phenoxy) is 2. The average molecular weight is 558 g/mol. The number of hydrogen-bond acceptors (Lipinski definition) is 6. The van der Waals surface area contributed by atoms with Crippen molar-refractivity contribution >= 4 is 48.4 Å². The summed E-state index contributed by atoms with van der Waals surface area (Å²) in [7, 11) is -7.91. The molecule has 0 saturated carbocycles. The summed E-state index contributed by atoms with van der Waals surface area (Å²) in [5.74, 6) is 0.644. The summed E-state index contributed by atoms with van der Waals surface area (Å²) in [5, 5.41) is 0. The molecule has 2 N–H and O–H groups in total. The minimum absolute atomic E-state index is 0.210. The van der Waals surface area contributed by atoms with Gasteiger partial charge in [-0.1, -0.05) is 0 Å². The van der Waals surface area contributed by atoms with Gasteiger partial charge in [-0.2, -0.15) is 0 Å². The van der Waals surface area contributed by atoms with Crippen molar-refractivity contribution < 1.29 is 35.4 Å². The third-order valence-electron chi connectivity index (χ3n) is 3.51. The second-order valence-corrected chi connectivity index (χ2v) is 12.4. The molecule has 0 fully saturated rings. The topological polar surface area (TPSA) is 127 Å². The van der Waals surface area contributed by atoms with Crippen molar-refractivity contribution in [3.63, 3.8) is 0 Å². The van der Waals surface area contributed by atoms with Gasteiger partial charge in [-0.05, 0) is 0 Å². The first-order chi connectivity index (χ1) is 13.6. The number of hydrogen-bond donors (Lipinski definition) is 2. The fourth-order valence-electron chi connectivity index (χ4n) is 2.21. The zero-order chi connectivity index (χ0) is 21.3. The maximum absolute atomic E-state index is 10.6. The van der Waals surface area contributed by atoms with Gasteiger partial charge in [-0.15, -0.1) is 0 Å². The van der Waals surface area contributed by atoms with Gasteiger partial charge >= 0.3 is 181 Å². The van der Waals surface area contributed by atoms with E-state index in [1.165, 1.54) is 7.22 Å². The minimum atomic E-state index is -3.95. The van der Waals surface area contributed by atoms with Crippen molar-refractivity contribution in [1.82, 2.24) is 0 Å². The summed E-state index contributed by atoms with van der Waals surface area (Å²) in [6.45, 7) is 0.420. The molecule has 160 valence electrons. The van der Waals surface area contributed by atoms with Crippen LogP contribution in [0.15, 0.2) is 48.5 Å². The van der Waals surface area contributed by atoms with Gasteiger partial charge in [0.15, 0.2) is 0 Å². The standard InChI is InChI=1S/C18H22O8S2Te/c19-27(20,21)13-1-11-25-15-3-7-17(8-4-15)29-18-9-5-16(6-10-18)26-12-2-14-28(22,23)24/h3-10H,1-2,11-14H2,(H,19,20,21)(H,22,23,24). The van der Waals surface area contributed by atoms with Gasteiger partial charge in [0.1, 0.15) is 0 Å². The Morgan fingerprint density at radius 3 is 1.31 bits per heavy atom. The van der Waals surface area contributed by atoms with Gasteiger partial charge in [-0.3, -0.25) is 0 Å². The van der Waals surface area contributed by atoms with E-state index in [0.29, 0.717) is 11.5 Å². The van der Waals surface area contributed by atoms with Gasteiger partial charge in [0.25, 0.3) is 0 Å². The van der Waals surface area contributed by atoms with Crippen molar-refractivity contribution in [2.45, 2.75) is 12.8 Å². The van der Waals surface area contributed by atoms with E-state index in [2.05, 4.69) is 0 Å². The Hall–Kier alpha value is -1.35. The zero-order valence-electron chi connectivity index (χ0n) is 15.4. The number of benzene rings is 2. The van der Waals surface area contributed by atoms with Gasteiger partial charge in [-0.25, -0.2) is 0 Å². The van der Waals surface area contributed by atoms with E-state index in [9.17, 15) is 16.8 Å². The third-order valence-corrected chi connectivity index (χ3v) is 8.02. The molecule has 11 heteroatoms. The van der Waals surface area contributed by atoms with Crippen LogP contribution in [0.5, 0.6) is 11.5 Å². The van der Waals surface area contributed by atoms with Crippen molar-refractivity contribution in [1.29, 1.82) is 0 Å². The summed E-state index contributed by atoms with van der Waals surface area (Å²) < 4.78 is 73.3. The van der Waals surface area contributed by atoms with E-state index in [-0.39, 0.29) is 37.6 Å². The molecule has 2 aromatic carbocycles. The Kier molecular flexibility index (Phi) is 9.20. The molecule has 2 aromatic rings. The van der Waals surface area contributed by atoms with E-state index in [4.69, 9.17) is 18.6 Å². The molecule has 0 heterocycles. The fourth-order valence-corrected chi connectivity index (χ4v) is 5.50. The van der Waals surface area contributed by atoms with E-state index in [1.807, 2.05) is 48.5 Å². The molecule has 0 aromatic heterocycles. The molecular weight excluding hydrogens is 536 g/mol. The Bertz CT molecular complexity index is 890. The molecular formula is C18H22O8S2Te. The predicted octanol–water partition coefficient (Wildman–Crippen LogP) is 0.655. The van der Waals surface area contributed by atoms with Crippen LogP contribution in [0, 0.1) is 0 Å². The van der Waals surface area contributed by atoms with Gasteiger partial charge < -0.3 is 0 Å². The second-order valence-electron chi connectivity index (χ2n) is 6.02. The Morgan fingerprint density at radius 1 is 0.655 bits per heavy atom. The Morgan fingerprint density at radius 2 is 1.00 bits per heavy atom. The van der Waals surface area contributed by atoms with Crippen LogP contribution < -0.4 is 16.7 Å². The van der Waals surface area contributed by atoms with Crippen LogP contribution >= 0.6 is 0 Å². The molecule has 0 aliphatic rings. The molecule has 2 rings (SSSR count). The zero-order valence-corrected chi connectivity index (χ0v) is 19.4. The Balaban J connectivity index is 1.76. The summed E-state index contributed by atoms with van der Waals surface area (Å²) in [4.78, 5) is 0. The summed E-state index contributed by atoms with van der Waals surface area (Å²) in [6.07, 6.45) is 0.442. The second kappa shape index (κ2) is 11.2. The molecule has 29 heavy (non-hydrogen) atoms. The molecule has 0 saturated heterocycles.